The zero-order valence-corrected chi connectivity index (χ0v) is 15.4. The molecule has 0 bridgehead atoms. The number of nitrogens with one attached hydrogen (secondary N) is 1. The van der Waals surface area contributed by atoms with Crippen LogP contribution in [0.1, 0.15) is 28.1 Å². The highest BCUT2D eigenvalue weighted by atomic mass is 16.6. The van der Waals surface area contributed by atoms with Crippen LogP contribution >= 0.6 is 0 Å². The van der Waals surface area contributed by atoms with Gasteiger partial charge in [0, 0.05) is 18.2 Å². The number of benzene rings is 2. The molecule has 3 rings (SSSR count). The highest BCUT2D eigenvalue weighted by molar-refractivity contribution is 6.00. The van der Waals surface area contributed by atoms with Crippen molar-refractivity contribution in [2.24, 2.45) is 0 Å². The predicted octanol–water partition coefficient (Wildman–Crippen LogP) is 3.84. The van der Waals surface area contributed by atoms with E-state index in [0.29, 0.717) is 17.9 Å². The molecule has 0 aliphatic carbocycles. The number of nitro benzene ring substituents is 1. The number of amides is 1. The smallest absolute Gasteiger partial charge is 0.322 e. The van der Waals surface area contributed by atoms with Crippen LogP contribution in [0.4, 0.5) is 11.7 Å². The molecule has 142 valence electrons. The van der Waals surface area contributed by atoms with Crippen LogP contribution in [0, 0.1) is 24.0 Å². The Morgan fingerprint density at radius 3 is 2.57 bits per heavy atom. The molecular weight excluding hydrogens is 360 g/mol. The molecule has 0 radical (unpaired) electrons. The molecular formula is C20H18N4O4. The second kappa shape index (κ2) is 8.26. The average molecular weight is 378 g/mol. The molecule has 28 heavy (non-hydrogen) atoms. The number of aromatic nitrogens is 2. The maximum atomic E-state index is 12.0. The fourth-order valence-electron chi connectivity index (χ4n) is 2.49. The highest BCUT2D eigenvalue weighted by Crippen LogP contribution is 2.15. The zero-order chi connectivity index (χ0) is 20.1. The van der Waals surface area contributed by atoms with Crippen LogP contribution < -0.4 is 5.32 Å². The number of carbonyl (C=O) groups excluding carboxylic acids is 1. The van der Waals surface area contributed by atoms with Crippen molar-refractivity contribution in [2.45, 2.75) is 20.3 Å². The van der Waals surface area contributed by atoms with Gasteiger partial charge in [0.2, 0.25) is 5.89 Å². The Morgan fingerprint density at radius 1 is 1.14 bits per heavy atom. The lowest BCUT2D eigenvalue weighted by Crippen LogP contribution is -2.07. The second-order valence-electron chi connectivity index (χ2n) is 6.27. The molecule has 0 fully saturated rings. The lowest BCUT2D eigenvalue weighted by molar-refractivity contribution is -0.384. The number of aryl methyl sites for hydroxylation is 2. The van der Waals surface area contributed by atoms with Gasteiger partial charge in [-0.25, -0.2) is 0 Å². The first-order chi connectivity index (χ1) is 13.4. The molecule has 8 nitrogen and oxygen atoms in total. The molecule has 0 atom stereocenters. The van der Waals surface area contributed by atoms with E-state index in [9.17, 15) is 14.9 Å². The number of hydrogen-bond acceptors (Lipinski definition) is 6. The van der Waals surface area contributed by atoms with Crippen molar-refractivity contribution in [2.75, 3.05) is 5.32 Å². The van der Waals surface area contributed by atoms with Crippen molar-refractivity contribution < 1.29 is 14.1 Å². The molecule has 0 unspecified atom stereocenters. The molecule has 0 saturated heterocycles. The Bertz CT molecular complexity index is 1040. The normalized spacial score (nSPS) is 10.9. The van der Waals surface area contributed by atoms with E-state index in [1.807, 2.05) is 26.0 Å². The topological polar surface area (TPSA) is 111 Å². The van der Waals surface area contributed by atoms with Crippen molar-refractivity contribution >= 4 is 23.7 Å². The molecule has 2 aromatic carbocycles. The van der Waals surface area contributed by atoms with Gasteiger partial charge in [-0.05, 0) is 54.3 Å². The van der Waals surface area contributed by atoms with E-state index in [4.69, 9.17) is 4.42 Å². The quantitative estimate of drug-likeness (QED) is 0.396. The van der Waals surface area contributed by atoms with Crippen molar-refractivity contribution in [1.29, 1.82) is 0 Å². The van der Waals surface area contributed by atoms with E-state index in [0.717, 1.165) is 5.56 Å². The van der Waals surface area contributed by atoms with Crippen molar-refractivity contribution in [3.63, 3.8) is 0 Å². The summed E-state index contributed by atoms with van der Waals surface area (Å²) < 4.78 is 5.46. The minimum absolute atomic E-state index is 0.0104. The standard InChI is InChI=1S/C20H18N4O4/c1-13-3-4-16(11-14(13)2)12-19-22-23-20(28-19)21-18(25)10-7-15-5-8-17(9-6-15)24(26)27/h3-11H,12H2,1-2H3,(H,21,23,25). The fraction of sp³-hybridized carbons (Fsp3) is 0.150. The zero-order valence-electron chi connectivity index (χ0n) is 15.4. The van der Waals surface area contributed by atoms with Gasteiger partial charge in [-0.1, -0.05) is 23.3 Å². The summed E-state index contributed by atoms with van der Waals surface area (Å²) in [5.41, 5.74) is 4.08. The molecule has 0 aliphatic heterocycles. The van der Waals surface area contributed by atoms with E-state index in [2.05, 4.69) is 21.6 Å². The summed E-state index contributed by atoms with van der Waals surface area (Å²) in [5, 5.41) is 20.9. The van der Waals surface area contributed by atoms with Gasteiger partial charge < -0.3 is 4.42 Å². The summed E-state index contributed by atoms with van der Waals surface area (Å²) in [7, 11) is 0. The number of nitrogens with zero attached hydrogens (tertiary/aromatic N) is 3. The summed E-state index contributed by atoms with van der Waals surface area (Å²) in [6.45, 7) is 4.08. The number of non-ortho nitro benzene ring substituents is 1. The van der Waals surface area contributed by atoms with E-state index in [1.165, 1.54) is 35.4 Å². The first kappa shape index (κ1) is 19.0. The Labute approximate surface area is 161 Å². The van der Waals surface area contributed by atoms with Gasteiger partial charge in [0.05, 0.1) is 11.3 Å². The van der Waals surface area contributed by atoms with Gasteiger partial charge in [-0.2, -0.15) is 0 Å². The Hall–Kier alpha value is -3.81. The van der Waals surface area contributed by atoms with E-state index >= 15 is 0 Å². The number of rotatable bonds is 6. The van der Waals surface area contributed by atoms with Gasteiger partial charge >= 0.3 is 6.01 Å². The van der Waals surface area contributed by atoms with E-state index in [-0.39, 0.29) is 11.7 Å². The maximum Gasteiger partial charge on any atom is 0.322 e. The van der Waals surface area contributed by atoms with Crippen LogP contribution in [-0.4, -0.2) is 21.0 Å². The molecule has 0 aliphatic rings. The van der Waals surface area contributed by atoms with Crippen LogP contribution in [0.5, 0.6) is 0 Å². The molecule has 1 N–H and O–H groups in total. The molecule has 3 aromatic rings. The number of carbonyl (C=O) groups is 1. The largest absolute Gasteiger partial charge is 0.407 e. The lowest BCUT2D eigenvalue weighted by atomic mass is 10.0. The minimum Gasteiger partial charge on any atom is -0.407 e. The molecule has 0 saturated carbocycles. The predicted molar refractivity (Wildman–Crippen MR) is 104 cm³/mol. The molecule has 1 aromatic heterocycles. The number of anilines is 1. The Kier molecular flexibility index (Phi) is 5.59. The summed E-state index contributed by atoms with van der Waals surface area (Å²) >= 11 is 0. The summed E-state index contributed by atoms with van der Waals surface area (Å²) in [6, 6.07) is 11.9. The Balaban J connectivity index is 1.58. The summed E-state index contributed by atoms with van der Waals surface area (Å²) in [5.74, 6) is -0.0439. The van der Waals surface area contributed by atoms with Crippen LogP contribution in [0.3, 0.4) is 0 Å². The Morgan fingerprint density at radius 2 is 1.89 bits per heavy atom. The first-order valence-electron chi connectivity index (χ1n) is 8.53. The van der Waals surface area contributed by atoms with Crippen LogP contribution in [0.2, 0.25) is 0 Å². The maximum absolute atomic E-state index is 12.0. The molecule has 1 heterocycles. The molecule has 8 heteroatoms. The van der Waals surface area contributed by atoms with E-state index in [1.54, 1.807) is 12.1 Å². The molecule has 0 spiro atoms. The average Bonchev–Trinajstić information content (AvgIpc) is 3.10. The lowest BCUT2D eigenvalue weighted by Gasteiger charge is -2.02. The van der Waals surface area contributed by atoms with Gasteiger partial charge in [0.1, 0.15) is 0 Å². The minimum atomic E-state index is -0.481. The fourth-order valence-corrected chi connectivity index (χ4v) is 2.49. The third kappa shape index (κ3) is 4.88. The SMILES string of the molecule is Cc1ccc(Cc2nnc(NC(=O)C=Cc3ccc([N+](=O)[O-])cc3)o2)cc1C. The summed E-state index contributed by atoms with van der Waals surface area (Å²) in [6.07, 6.45) is 3.29. The number of hydrogen-bond donors (Lipinski definition) is 1. The third-order valence-corrected chi connectivity index (χ3v) is 4.15. The second-order valence-corrected chi connectivity index (χ2v) is 6.27. The third-order valence-electron chi connectivity index (χ3n) is 4.15. The van der Waals surface area contributed by atoms with Crippen molar-refractivity contribution in [3.05, 3.63) is 86.8 Å². The van der Waals surface area contributed by atoms with Crippen LogP contribution in [0.15, 0.2) is 53.0 Å². The van der Waals surface area contributed by atoms with Crippen molar-refractivity contribution in [1.82, 2.24) is 10.2 Å². The van der Waals surface area contributed by atoms with Crippen LogP contribution in [-0.2, 0) is 11.2 Å². The van der Waals surface area contributed by atoms with Crippen molar-refractivity contribution in [3.8, 4) is 0 Å². The highest BCUT2D eigenvalue weighted by Gasteiger charge is 2.09. The van der Waals surface area contributed by atoms with Crippen LogP contribution in [0.25, 0.3) is 6.08 Å². The summed E-state index contributed by atoms with van der Waals surface area (Å²) in [4.78, 5) is 22.1. The van der Waals surface area contributed by atoms with Gasteiger partial charge in [-0.15, -0.1) is 5.10 Å². The monoisotopic (exact) mass is 378 g/mol. The first-order valence-corrected chi connectivity index (χ1v) is 8.53. The van der Waals surface area contributed by atoms with E-state index < -0.39 is 10.8 Å². The van der Waals surface area contributed by atoms with Gasteiger partial charge in [-0.3, -0.25) is 20.2 Å². The molecule has 1 amide bonds. The van der Waals surface area contributed by atoms with Gasteiger partial charge in [0.15, 0.2) is 0 Å². The number of nitro groups is 1. The van der Waals surface area contributed by atoms with Gasteiger partial charge in [0.25, 0.3) is 11.6 Å².